The summed E-state index contributed by atoms with van der Waals surface area (Å²) in [4.78, 5) is 14.1. The van der Waals surface area contributed by atoms with E-state index in [1.54, 1.807) is 23.1 Å². The zero-order valence-electron chi connectivity index (χ0n) is 10.8. The van der Waals surface area contributed by atoms with Crippen molar-refractivity contribution in [3.05, 3.63) is 41.8 Å². The molecule has 20 heavy (non-hydrogen) atoms. The number of nitrogens with two attached hydrogens (primary N) is 1. The molecular formula is C14H15FN4O. The number of carbonyl (C=O) groups excluding carboxylic acids is 1. The first-order chi connectivity index (χ1) is 9.66. The number of H-pyrrole nitrogens is 1. The molecule has 0 bridgehead atoms. The van der Waals surface area contributed by atoms with Crippen LogP contribution >= 0.6 is 0 Å². The van der Waals surface area contributed by atoms with E-state index in [9.17, 15) is 9.18 Å². The van der Waals surface area contributed by atoms with Gasteiger partial charge in [-0.15, -0.1) is 0 Å². The Hall–Kier alpha value is -2.21. The van der Waals surface area contributed by atoms with Crippen molar-refractivity contribution in [1.29, 1.82) is 0 Å². The van der Waals surface area contributed by atoms with Gasteiger partial charge in [0, 0.05) is 24.7 Å². The number of hydrogen-bond donors (Lipinski definition) is 2. The van der Waals surface area contributed by atoms with Gasteiger partial charge in [-0.05, 0) is 18.6 Å². The van der Waals surface area contributed by atoms with Gasteiger partial charge in [-0.2, -0.15) is 5.10 Å². The van der Waals surface area contributed by atoms with Gasteiger partial charge in [0.2, 0.25) is 0 Å². The number of nitrogens with one attached hydrogen (secondary N) is 1. The van der Waals surface area contributed by atoms with Crippen molar-refractivity contribution < 1.29 is 9.18 Å². The summed E-state index contributed by atoms with van der Waals surface area (Å²) in [5, 5.41) is 6.59. The van der Waals surface area contributed by atoms with Crippen LogP contribution in [0.15, 0.2) is 30.5 Å². The average molecular weight is 274 g/mol. The summed E-state index contributed by atoms with van der Waals surface area (Å²) >= 11 is 0. The molecule has 0 radical (unpaired) electrons. The lowest BCUT2D eigenvalue weighted by Crippen LogP contribution is -2.32. The van der Waals surface area contributed by atoms with Crippen LogP contribution in [0.2, 0.25) is 0 Å². The highest BCUT2D eigenvalue weighted by molar-refractivity contribution is 6.00. The minimum atomic E-state index is -0.385. The molecule has 6 heteroatoms. The molecule has 5 nitrogen and oxygen atoms in total. The number of aromatic amines is 1. The van der Waals surface area contributed by atoms with E-state index in [0.717, 1.165) is 6.42 Å². The second kappa shape index (κ2) is 5.05. The number of halogens is 1. The van der Waals surface area contributed by atoms with E-state index in [-0.39, 0.29) is 17.8 Å². The predicted molar refractivity (Wildman–Crippen MR) is 72.5 cm³/mol. The fourth-order valence-corrected chi connectivity index (χ4v) is 2.46. The maximum Gasteiger partial charge on any atom is 0.257 e. The fourth-order valence-electron chi connectivity index (χ4n) is 2.46. The smallest absolute Gasteiger partial charge is 0.257 e. The van der Waals surface area contributed by atoms with Crippen LogP contribution in [0.5, 0.6) is 0 Å². The van der Waals surface area contributed by atoms with Crippen LogP contribution in [0.3, 0.4) is 0 Å². The number of amides is 1. The van der Waals surface area contributed by atoms with E-state index in [0.29, 0.717) is 29.9 Å². The zero-order valence-corrected chi connectivity index (χ0v) is 10.8. The first-order valence-corrected chi connectivity index (χ1v) is 6.50. The van der Waals surface area contributed by atoms with Gasteiger partial charge in [-0.3, -0.25) is 9.89 Å². The maximum atomic E-state index is 13.8. The van der Waals surface area contributed by atoms with Crippen molar-refractivity contribution in [2.75, 3.05) is 13.1 Å². The number of benzene rings is 1. The molecule has 2 aromatic rings. The topological polar surface area (TPSA) is 75.0 Å². The Morgan fingerprint density at radius 2 is 2.25 bits per heavy atom. The molecule has 0 spiro atoms. The van der Waals surface area contributed by atoms with E-state index >= 15 is 0 Å². The molecule has 0 saturated carbocycles. The van der Waals surface area contributed by atoms with Crippen LogP contribution in [0.1, 0.15) is 16.8 Å². The first kappa shape index (κ1) is 12.8. The number of rotatable bonds is 2. The minimum Gasteiger partial charge on any atom is -0.337 e. The molecule has 1 aliphatic rings. The molecule has 104 valence electrons. The highest BCUT2D eigenvalue weighted by Gasteiger charge is 2.27. The molecule has 1 aromatic carbocycles. The van der Waals surface area contributed by atoms with Crippen LogP contribution < -0.4 is 5.73 Å². The van der Waals surface area contributed by atoms with E-state index in [4.69, 9.17) is 5.73 Å². The molecule has 0 unspecified atom stereocenters. The molecule has 1 aliphatic heterocycles. The second-order valence-corrected chi connectivity index (χ2v) is 4.94. The number of carbonyl (C=O) groups is 1. The largest absolute Gasteiger partial charge is 0.337 e. The third-order valence-corrected chi connectivity index (χ3v) is 3.52. The molecule has 1 aromatic heterocycles. The predicted octanol–water partition coefficient (Wildman–Crippen LogP) is 1.39. The highest BCUT2D eigenvalue weighted by Crippen LogP contribution is 2.25. The fraction of sp³-hybridized carbons (Fsp3) is 0.286. The number of aromatic nitrogens is 2. The minimum absolute atomic E-state index is 0.0164. The summed E-state index contributed by atoms with van der Waals surface area (Å²) in [5.74, 6) is -0.547. The van der Waals surface area contributed by atoms with E-state index in [1.165, 1.54) is 12.3 Å². The Labute approximate surface area is 115 Å². The summed E-state index contributed by atoms with van der Waals surface area (Å²) in [6.45, 7) is 1.16. The van der Waals surface area contributed by atoms with Gasteiger partial charge in [0.15, 0.2) is 0 Å². The number of likely N-dealkylation sites (tertiary alicyclic amines) is 1. The van der Waals surface area contributed by atoms with Gasteiger partial charge < -0.3 is 10.6 Å². The Balaban J connectivity index is 1.95. The van der Waals surface area contributed by atoms with E-state index in [2.05, 4.69) is 10.2 Å². The molecule has 0 aliphatic carbocycles. The lowest BCUT2D eigenvalue weighted by Gasteiger charge is -2.15. The van der Waals surface area contributed by atoms with Crippen molar-refractivity contribution in [2.24, 2.45) is 5.73 Å². The van der Waals surface area contributed by atoms with Gasteiger partial charge in [-0.25, -0.2) is 4.39 Å². The molecule has 3 N–H and O–H groups in total. The van der Waals surface area contributed by atoms with Gasteiger partial charge >= 0.3 is 0 Å². The van der Waals surface area contributed by atoms with Crippen LogP contribution in [0.4, 0.5) is 4.39 Å². The van der Waals surface area contributed by atoms with Crippen molar-refractivity contribution >= 4 is 5.91 Å². The average Bonchev–Trinajstić information content (AvgIpc) is 3.07. The molecule has 1 atom stereocenters. The monoisotopic (exact) mass is 274 g/mol. The Morgan fingerprint density at radius 3 is 2.95 bits per heavy atom. The van der Waals surface area contributed by atoms with Crippen molar-refractivity contribution in [3.63, 3.8) is 0 Å². The van der Waals surface area contributed by atoms with Crippen molar-refractivity contribution in [3.8, 4) is 11.3 Å². The molecule has 1 amide bonds. The number of hydrogen-bond acceptors (Lipinski definition) is 3. The molecule has 3 rings (SSSR count). The van der Waals surface area contributed by atoms with Crippen molar-refractivity contribution in [1.82, 2.24) is 15.1 Å². The van der Waals surface area contributed by atoms with E-state index in [1.807, 2.05) is 0 Å². The maximum absolute atomic E-state index is 13.8. The normalized spacial score (nSPS) is 18.5. The lowest BCUT2D eigenvalue weighted by molar-refractivity contribution is 0.0791. The van der Waals surface area contributed by atoms with Gasteiger partial charge in [0.05, 0.1) is 17.5 Å². The highest BCUT2D eigenvalue weighted by atomic mass is 19.1. The van der Waals surface area contributed by atoms with Gasteiger partial charge in [0.1, 0.15) is 5.82 Å². The first-order valence-electron chi connectivity index (χ1n) is 6.50. The quantitative estimate of drug-likeness (QED) is 0.869. The van der Waals surface area contributed by atoms with Crippen LogP contribution in [-0.2, 0) is 0 Å². The lowest BCUT2D eigenvalue weighted by atomic mass is 10.1. The third kappa shape index (κ3) is 2.18. The van der Waals surface area contributed by atoms with Gasteiger partial charge in [-0.1, -0.05) is 12.1 Å². The summed E-state index contributed by atoms with van der Waals surface area (Å²) in [7, 11) is 0. The van der Waals surface area contributed by atoms with Crippen LogP contribution in [0, 0.1) is 5.82 Å². The Morgan fingerprint density at radius 1 is 1.45 bits per heavy atom. The number of nitrogens with zero attached hydrogens (tertiary/aromatic N) is 2. The third-order valence-electron chi connectivity index (χ3n) is 3.52. The van der Waals surface area contributed by atoms with Gasteiger partial charge in [0.25, 0.3) is 5.91 Å². The molecule has 2 heterocycles. The summed E-state index contributed by atoms with van der Waals surface area (Å²) in [6.07, 6.45) is 2.23. The molecule has 1 saturated heterocycles. The summed E-state index contributed by atoms with van der Waals surface area (Å²) in [6, 6.07) is 6.32. The Bertz CT molecular complexity index is 640. The SMILES string of the molecule is N[C@@H]1CCN(C(=O)c2cn[nH]c2-c2ccccc2F)C1. The molecular weight excluding hydrogens is 259 g/mol. The zero-order chi connectivity index (χ0) is 14.1. The second-order valence-electron chi connectivity index (χ2n) is 4.94. The summed E-state index contributed by atoms with van der Waals surface area (Å²) < 4.78 is 13.8. The standard InChI is InChI=1S/C14H15FN4O/c15-12-4-2-1-3-10(12)13-11(7-17-18-13)14(20)19-6-5-9(16)8-19/h1-4,7,9H,5-6,8,16H2,(H,17,18)/t9-/m1/s1. The van der Waals surface area contributed by atoms with Crippen molar-refractivity contribution in [2.45, 2.75) is 12.5 Å². The van der Waals surface area contributed by atoms with Crippen LogP contribution in [0.25, 0.3) is 11.3 Å². The van der Waals surface area contributed by atoms with E-state index < -0.39 is 0 Å². The molecule has 1 fully saturated rings. The Kier molecular flexibility index (Phi) is 3.23. The van der Waals surface area contributed by atoms with Crippen LogP contribution in [-0.4, -0.2) is 40.1 Å². The summed E-state index contributed by atoms with van der Waals surface area (Å²) in [5.41, 5.74) is 6.95.